The van der Waals surface area contributed by atoms with Crippen LogP contribution in [0.1, 0.15) is 36.9 Å². The highest BCUT2D eigenvalue weighted by atomic mass is 32.1. The molecule has 6 nitrogen and oxygen atoms in total. The Morgan fingerprint density at radius 2 is 2.38 bits per heavy atom. The third kappa shape index (κ3) is 3.93. The van der Waals surface area contributed by atoms with Crippen LogP contribution in [0.5, 0.6) is 0 Å². The Morgan fingerprint density at radius 1 is 1.57 bits per heavy atom. The van der Waals surface area contributed by atoms with Crippen molar-refractivity contribution < 1.29 is 9.90 Å². The molecule has 0 aromatic carbocycles. The highest BCUT2D eigenvalue weighted by molar-refractivity contribution is 7.10. The lowest BCUT2D eigenvalue weighted by Crippen LogP contribution is -2.35. The molecule has 1 aromatic heterocycles. The molecule has 0 saturated carbocycles. The van der Waals surface area contributed by atoms with E-state index in [2.05, 4.69) is 15.8 Å². The zero-order valence-corrected chi connectivity index (χ0v) is 12.9. The summed E-state index contributed by atoms with van der Waals surface area (Å²) in [5.74, 6) is 0.494. The molecule has 1 unspecified atom stereocenters. The number of aliphatic hydroxyl groups is 1. The highest BCUT2D eigenvalue weighted by Gasteiger charge is 2.22. The number of anilines is 1. The topological polar surface area (TPSA) is 89.2 Å². The molecule has 0 radical (unpaired) electrons. The minimum absolute atomic E-state index is 0.167. The van der Waals surface area contributed by atoms with Crippen molar-refractivity contribution >= 4 is 22.6 Å². The van der Waals surface area contributed by atoms with E-state index in [9.17, 15) is 4.79 Å². The monoisotopic (exact) mass is 308 g/mol. The second kappa shape index (κ2) is 7.38. The first-order chi connectivity index (χ1) is 10.2. The van der Waals surface area contributed by atoms with Crippen molar-refractivity contribution in [2.75, 3.05) is 25.0 Å². The van der Waals surface area contributed by atoms with Crippen molar-refractivity contribution in [3.63, 3.8) is 0 Å². The van der Waals surface area contributed by atoms with E-state index in [1.165, 1.54) is 0 Å². The van der Waals surface area contributed by atoms with E-state index < -0.39 is 0 Å². The smallest absolute Gasteiger partial charge is 0.322 e. The molecule has 1 saturated heterocycles. The van der Waals surface area contributed by atoms with Crippen molar-refractivity contribution in [1.82, 2.24) is 9.27 Å². The van der Waals surface area contributed by atoms with Crippen LogP contribution in [0, 0.1) is 24.2 Å². The van der Waals surface area contributed by atoms with Gasteiger partial charge in [-0.05, 0) is 50.1 Å². The van der Waals surface area contributed by atoms with Crippen LogP contribution < -0.4 is 5.32 Å². The Labute approximate surface area is 128 Å². The van der Waals surface area contributed by atoms with Gasteiger partial charge < -0.3 is 10.0 Å². The molecule has 1 atom stereocenters. The summed E-state index contributed by atoms with van der Waals surface area (Å²) in [6.07, 6.45) is 3.72. The van der Waals surface area contributed by atoms with Gasteiger partial charge in [0, 0.05) is 19.7 Å². The van der Waals surface area contributed by atoms with Gasteiger partial charge in [-0.15, -0.1) is 0 Å². The number of hydrogen-bond donors (Lipinski definition) is 2. The summed E-state index contributed by atoms with van der Waals surface area (Å²) >= 11 is 1.14. The number of nitrogens with zero attached hydrogens (tertiary/aromatic N) is 3. The maximum absolute atomic E-state index is 12.3. The van der Waals surface area contributed by atoms with Gasteiger partial charge >= 0.3 is 6.03 Å². The first kappa shape index (κ1) is 15.7. The maximum atomic E-state index is 12.3. The van der Waals surface area contributed by atoms with Crippen LogP contribution in [-0.4, -0.2) is 40.1 Å². The average molecular weight is 308 g/mol. The number of rotatable bonds is 3. The summed E-state index contributed by atoms with van der Waals surface area (Å²) in [5.41, 5.74) is 1.10. The number of nitrogens with one attached hydrogen (secondary N) is 1. The van der Waals surface area contributed by atoms with E-state index in [0.717, 1.165) is 37.2 Å². The Hall–Kier alpha value is -1.65. The van der Waals surface area contributed by atoms with Crippen LogP contribution in [0.4, 0.5) is 9.80 Å². The molecule has 2 heterocycles. The highest BCUT2D eigenvalue weighted by Crippen LogP contribution is 2.25. The van der Waals surface area contributed by atoms with Crippen molar-refractivity contribution in [3.8, 4) is 6.07 Å². The fourth-order valence-electron chi connectivity index (χ4n) is 2.60. The van der Waals surface area contributed by atoms with Gasteiger partial charge in [0.1, 0.15) is 16.6 Å². The number of urea groups is 1. The molecule has 2 rings (SSSR count). The van der Waals surface area contributed by atoms with E-state index in [1.807, 2.05) is 0 Å². The minimum Gasteiger partial charge on any atom is -0.396 e. The van der Waals surface area contributed by atoms with E-state index in [-0.39, 0.29) is 12.6 Å². The summed E-state index contributed by atoms with van der Waals surface area (Å²) in [5, 5.41) is 21.4. The van der Waals surface area contributed by atoms with Crippen LogP contribution >= 0.6 is 11.5 Å². The van der Waals surface area contributed by atoms with Crippen molar-refractivity contribution in [2.45, 2.75) is 32.6 Å². The van der Waals surface area contributed by atoms with Crippen LogP contribution in [0.2, 0.25) is 0 Å². The lowest BCUT2D eigenvalue weighted by molar-refractivity contribution is 0.211. The number of carbonyl (C=O) groups is 1. The minimum atomic E-state index is -0.167. The number of hydrogen-bond acceptors (Lipinski definition) is 5. The Kier molecular flexibility index (Phi) is 5.53. The molecule has 2 N–H and O–H groups in total. The summed E-state index contributed by atoms with van der Waals surface area (Å²) in [6.45, 7) is 3.38. The second-order valence-electron chi connectivity index (χ2n) is 5.31. The van der Waals surface area contributed by atoms with Gasteiger partial charge in [0.2, 0.25) is 0 Å². The molecule has 1 aromatic rings. The predicted molar refractivity (Wildman–Crippen MR) is 81.2 cm³/mol. The SMILES string of the molecule is Cc1nsc(NC(=O)N2CCCC(CCO)CC2)c1C#N. The Balaban J connectivity index is 1.96. The third-order valence-electron chi connectivity index (χ3n) is 3.87. The molecular weight excluding hydrogens is 288 g/mol. The van der Waals surface area contributed by atoms with Crippen molar-refractivity contribution in [2.24, 2.45) is 5.92 Å². The lowest BCUT2D eigenvalue weighted by atomic mass is 9.98. The largest absolute Gasteiger partial charge is 0.396 e. The average Bonchev–Trinajstić information content (AvgIpc) is 2.67. The Bertz CT molecular complexity index is 538. The number of amides is 2. The summed E-state index contributed by atoms with van der Waals surface area (Å²) in [7, 11) is 0. The molecule has 1 fully saturated rings. The van der Waals surface area contributed by atoms with Gasteiger partial charge in [-0.25, -0.2) is 4.79 Å². The molecule has 7 heteroatoms. The van der Waals surface area contributed by atoms with E-state index >= 15 is 0 Å². The van der Waals surface area contributed by atoms with E-state index in [0.29, 0.717) is 35.3 Å². The number of aryl methyl sites for hydroxylation is 1. The molecule has 0 bridgehead atoms. The maximum Gasteiger partial charge on any atom is 0.322 e. The molecule has 114 valence electrons. The van der Waals surface area contributed by atoms with Gasteiger partial charge in [0.15, 0.2) is 0 Å². The molecule has 0 spiro atoms. The van der Waals surface area contributed by atoms with Gasteiger partial charge in [-0.2, -0.15) is 9.64 Å². The number of aromatic nitrogens is 1. The lowest BCUT2D eigenvalue weighted by Gasteiger charge is -2.20. The van der Waals surface area contributed by atoms with Gasteiger partial charge in [0.05, 0.1) is 5.69 Å². The number of nitriles is 1. The van der Waals surface area contributed by atoms with Crippen LogP contribution in [0.25, 0.3) is 0 Å². The summed E-state index contributed by atoms with van der Waals surface area (Å²) in [6, 6.07) is 1.91. The zero-order valence-electron chi connectivity index (χ0n) is 12.1. The number of carbonyl (C=O) groups excluding carboxylic acids is 1. The van der Waals surface area contributed by atoms with Crippen LogP contribution in [0.15, 0.2) is 0 Å². The van der Waals surface area contributed by atoms with Crippen LogP contribution in [0.3, 0.4) is 0 Å². The summed E-state index contributed by atoms with van der Waals surface area (Å²) < 4.78 is 4.10. The fourth-order valence-corrected chi connectivity index (χ4v) is 3.34. The third-order valence-corrected chi connectivity index (χ3v) is 4.72. The molecular formula is C14H20N4O2S. The molecule has 2 amide bonds. The van der Waals surface area contributed by atoms with Crippen molar-refractivity contribution in [3.05, 3.63) is 11.3 Å². The Morgan fingerprint density at radius 3 is 3.10 bits per heavy atom. The number of aliphatic hydroxyl groups excluding tert-OH is 1. The van der Waals surface area contributed by atoms with Gasteiger partial charge in [0.25, 0.3) is 0 Å². The van der Waals surface area contributed by atoms with Gasteiger partial charge in [-0.1, -0.05) is 0 Å². The molecule has 1 aliphatic rings. The standard InChI is InChI=1S/C14H20N4O2S/c1-10-12(9-15)13(21-17-10)16-14(20)18-6-2-3-11(4-7-18)5-8-19/h11,19H,2-8H2,1H3,(H,16,20). The zero-order chi connectivity index (χ0) is 15.2. The fraction of sp³-hybridized carbons (Fsp3) is 0.643. The van der Waals surface area contributed by atoms with Gasteiger partial charge in [-0.3, -0.25) is 5.32 Å². The van der Waals surface area contributed by atoms with Crippen LogP contribution in [-0.2, 0) is 0 Å². The predicted octanol–water partition coefficient (Wildman–Crippen LogP) is 2.34. The van der Waals surface area contributed by atoms with E-state index in [4.69, 9.17) is 10.4 Å². The first-order valence-electron chi connectivity index (χ1n) is 7.19. The second-order valence-corrected chi connectivity index (χ2v) is 6.08. The molecule has 21 heavy (non-hydrogen) atoms. The quantitative estimate of drug-likeness (QED) is 0.897. The van der Waals surface area contributed by atoms with Crippen molar-refractivity contribution in [1.29, 1.82) is 5.26 Å². The normalized spacial score (nSPS) is 18.9. The van der Waals surface area contributed by atoms with E-state index in [1.54, 1.807) is 11.8 Å². The first-order valence-corrected chi connectivity index (χ1v) is 7.96. The molecule has 0 aliphatic carbocycles. The number of likely N-dealkylation sites (tertiary alicyclic amines) is 1. The molecule has 1 aliphatic heterocycles. The summed E-state index contributed by atoms with van der Waals surface area (Å²) in [4.78, 5) is 14.1.